The molecule has 0 bridgehead atoms. The highest BCUT2D eigenvalue weighted by atomic mass is 32.1. The molecule has 0 unspecified atom stereocenters. The van der Waals surface area contributed by atoms with Crippen molar-refractivity contribution in [2.75, 3.05) is 4.90 Å². The second-order valence-electron chi connectivity index (χ2n) is 7.85. The van der Waals surface area contributed by atoms with Crippen LogP contribution in [0.25, 0.3) is 11.3 Å². The number of furan rings is 1. The van der Waals surface area contributed by atoms with Gasteiger partial charge >= 0.3 is 0 Å². The van der Waals surface area contributed by atoms with Gasteiger partial charge in [0.25, 0.3) is 5.69 Å². The number of nitrogens with zero attached hydrogens (tertiary/aromatic N) is 3. The average molecular weight is 457 g/mol. The number of thiocarbonyl (C=S) groups is 1. The minimum Gasteiger partial charge on any atom is -0.459 e. The van der Waals surface area contributed by atoms with E-state index in [4.69, 9.17) is 16.6 Å². The van der Waals surface area contributed by atoms with E-state index >= 15 is 0 Å². The van der Waals surface area contributed by atoms with Gasteiger partial charge in [-0.1, -0.05) is 30.3 Å². The van der Waals surface area contributed by atoms with Gasteiger partial charge in [0.05, 0.1) is 16.7 Å². The van der Waals surface area contributed by atoms with E-state index in [0.29, 0.717) is 22.2 Å². The molecule has 5 rings (SSSR count). The lowest BCUT2D eigenvalue weighted by Gasteiger charge is -2.26. The van der Waals surface area contributed by atoms with Crippen molar-refractivity contribution >= 4 is 28.7 Å². The topological polar surface area (TPSA) is 84.4 Å². The van der Waals surface area contributed by atoms with Gasteiger partial charge in [0.15, 0.2) is 5.11 Å². The van der Waals surface area contributed by atoms with Gasteiger partial charge in [0, 0.05) is 29.6 Å². The van der Waals surface area contributed by atoms with Gasteiger partial charge in [-0.3, -0.25) is 15.1 Å². The zero-order valence-corrected chi connectivity index (χ0v) is 18.5. The quantitative estimate of drug-likeness (QED) is 0.233. The number of aromatic nitrogens is 1. The van der Waals surface area contributed by atoms with E-state index in [-0.39, 0.29) is 17.8 Å². The summed E-state index contributed by atoms with van der Waals surface area (Å²) >= 11 is 5.74. The Kier molecular flexibility index (Phi) is 5.35. The molecule has 1 fully saturated rings. The minimum absolute atomic E-state index is 0.0157. The molecule has 1 aliphatic rings. The molecule has 0 radical (unpaired) electrons. The van der Waals surface area contributed by atoms with Crippen LogP contribution in [-0.4, -0.2) is 15.0 Å². The van der Waals surface area contributed by atoms with Crippen LogP contribution in [0.3, 0.4) is 0 Å². The van der Waals surface area contributed by atoms with Crippen LogP contribution in [0.5, 0.6) is 0 Å². The Balaban J connectivity index is 1.59. The standard InChI is InChI=1S/C25H20N4O3S/c1-16-6-4-8-18(14-16)28-24(23(27-25(28)33)20-10-2-3-13-26-20)22-12-11-21(32-22)17-7-5-9-19(15-17)29(30)31/h2-15,23-24H,1H3,(H,27,33)/t23-,24+/m0/s1. The molecule has 0 amide bonds. The Morgan fingerprint density at radius 3 is 2.67 bits per heavy atom. The zero-order chi connectivity index (χ0) is 22.9. The van der Waals surface area contributed by atoms with Crippen molar-refractivity contribution in [1.82, 2.24) is 10.3 Å². The molecular formula is C25H20N4O3S. The Morgan fingerprint density at radius 2 is 1.91 bits per heavy atom. The number of rotatable bonds is 5. The smallest absolute Gasteiger partial charge is 0.270 e. The van der Waals surface area contributed by atoms with Crippen molar-refractivity contribution in [1.29, 1.82) is 0 Å². The third-order valence-electron chi connectivity index (χ3n) is 5.64. The Labute approximate surface area is 195 Å². The molecule has 3 heterocycles. The van der Waals surface area contributed by atoms with Crippen LogP contribution in [0.1, 0.15) is 29.1 Å². The molecule has 1 saturated heterocycles. The molecule has 2 atom stereocenters. The lowest BCUT2D eigenvalue weighted by Crippen LogP contribution is -2.29. The minimum atomic E-state index is -0.413. The average Bonchev–Trinajstić information content (AvgIpc) is 3.44. The number of aryl methyl sites for hydroxylation is 1. The summed E-state index contributed by atoms with van der Waals surface area (Å²) in [5, 5.41) is 15.2. The summed E-state index contributed by atoms with van der Waals surface area (Å²) in [7, 11) is 0. The highest BCUT2D eigenvalue weighted by Crippen LogP contribution is 2.43. The Hall–Kier alpha value is -4.04. The molecule has 0 saturated carbocycles. The van der Waals surface area contributed by atoms with Gasteiger partial charge in [-0.15, -0.1) is 0 Å². The molecule has 2 aromatic carbocycles. The monoisotopic (exact) mass is 456 g/mol. The number of nitrogens with one attached hydrogen (secondary N) is 1. The molecule has 0 aliphatic carbocycles. The summed E-state index contributed by atoms with van der Waals surface area (Å²) in [6.45, 7) is 2.04. The Bertz CT molecular complexity index is 1340. The third-order valence-corrected chi connectivity index (χ3v) is 5.95. The highest BCUT2D eigenvalue weighted by molar-refractivity contribution is 7.80. The Morgan fingerprint density at radius 1 is 1.06 bits per heavy atom. The van der Waals surface area contributed by atoms with E-state index in [1.54, 1.807) is 18.3 Å². The maximum Gasteiger partial charge on any atom is 0.270 e. The lowest BCUT2D eigenvalue weighted by molar-refractivity contribution is -0.384. The van der Waals surface area contributed by atoms with Crippen LogP contribution < -0.4 is 10.2 Å². The second-order valence-corrected chi connectivity index (χ2v) is 8.23. The summed E-state index contributed by atoms with van der Waals surface area (Å²) in [6.07, 6.45) is 1.75. The van der Waals surface area contributed by atoms with Crippen molar-refractivity contribution in [2.24, 2.45) is 0 Å². The van der Waals surface area contributed by atoms with Gasteiger partial charge in [0.2, 0.25) is 0 Å². The van der Waals surface area contributed by atoms with Crippen molar-refractivity contribution in [3.05, 3.63) is 112 Å². The summed E-state index contributed by atoms with van der Waals surface area (Å²) in [5.74, 6) is 1.23. The molecule has 164 valence electrons. The van der Waals surface area contributed by atoms with Crippen molar-refractivity contribution in [2.45, 2.75) is 19.0 Å². The predicted octanol–water partition coefficient (Wildman–Crippen LogP) is 5.74. The summed E-state index contributed by atoms with van der Waals surface area (Å²) < 4.78 is 6.28. The molecule has 0 spiro atoms. The molecule has 1 N–H and O–H groups in total. The van der Waals surface area contributed by atoms with Gasteiger partial charge in [-0.05, 0) is 61.1 Å². The van der Waals surface area contributed by atoms with E-state index in [1.807, 2.05) is 60.4 Å². The molecule has 7 nitrogen and oxygen atoms in total. The van der Waals surface area contributed by atoms with Gasteiger partial charge < -0.3 is 14.6 Å². The largest absolute Gasteiger partial charge is 0.459 e. The predicted molar refractivity (Wildman–Crippen MR) is 130 cm³/mol. The van der Waals surface area contributed by atoms with Crippen LogP contribution in [-0.2, 0) is 0 Å². The SMILES string of the molecule is Cc1cccc(N2C(=S)N[C@@H](c3ccccn3)[C@H]2c2ccc(-c3cccc([N+](=O)[O-])c3)o2)c1. The number of benzene rings is 2. The van der Waals surface area contributed by atoms with Crippen LogP contribution in [0, 0.1) is 17.0 Å². The fourth-order valence-corrected chi connectivity index (χ4v) is 4.49. The maximum atomic E-state index is 11.2. The molecule has 1 aliphatic heterocycles. The number of hydrogen-bond acceptors (Lipinski definition) is 5. The summed E-state index contributed by atoms with van der Waals surface area (Å²) in [5.41, 5.74) is 3.56. The maximum absolute atomic E-state index is 11.2. The first-order valence-corrected chi connectivity index (χ1v) is 10.8. The molecule has 4 aromatic rings. The van der Waals surface area contributed by atoms with E-state index in [1.165, 1.54) is 12.1 Å². The normalized spacial score (nSPS) is 17.7. The molecule has 8 heteroatoms. The summed E-state index contributed by atoms with van der Waals surface area (Å²) in [6, 6.07) is 23.5. The molecular weight excluding hydrogens is 436 g/mol. The molecule has 33 heavy (non-hydrogen) atoms. The summed E-state index contributed by atoms with van der Waals surface area (Å²) in [4.78, 5) is 17.4. The van der Waals surface area contributed by atoms with Crippen LogP contribution >= 0.6 is 12.2 Å². The van der Waals surface area contributed by atoms with Crippen LogP contribution in [0.2, 0.25) is 0 Å². The number of hydrogen-bond donors (Lipinski definition) is 1. The van der Waals surface area contributed by atoms with Gasteiger partial charge in [0.1, 0.15) is 17.6 Å². The van der Waals surface area contributed by atoms with E-state index in [2.05, 4.69) is 16.4 Å². The lowest BCUT2D eigenvalue weighted by atomic mass is 10.0. The number of pyridine rings is 1. The van der Waals surface area contributed by atoms with Gasteiger partial charge in [-0.25, -0.2) is 0 Å². The van der Waals surface area contributed by atoms with E-state index in [0.717, 1.165) is 16.9 Å². The number of anilines is 1. The second kappa shape index (κ2) is 8.48. The van der Waals surface area contributed by atoms with Crippen molar-refractivity contribution < 1.29 is 9.34 Å². The zero-order valence-electron chi connectivity index (χ0n) is 17.7. The fourth-order valence-electron chi connectivity index (χ4n) is 4.14. The van der Waals surface area contributed by atoms with E-state index in [9.17, 15) is 10.1 Å². The number of non-ortho nitro benzene ring substituents is 1. The van der Waals surface area contributed by atoms with Crippen LogP contribution in [0.4, 0.5) is 11.4 Å². The first kappa shape index (κ1) is 20.8. The van der Waals surface area contributed by atoms with E-state index < -0.39 is 4.92 Å². The van der Waals surface area contributed by atoms with Crippen molar-refractivity contribution in [3.63, 3.8) is 0 Å². The highest BCUT2D eigenvalue weighted by Gasteiger charge is 2.42. The number of nitro groups is 1. The van der Waals surface area contributed by atoms with Crippen molar-refractivity contribution in [3.8, 4) is 11.3 Å². The third kappa shape index (κ3) is 3.96. The van der Waals surface area contributed by atoms with Gasteiger partial charge in [-0.2, -0.15) is 0 Å². The first-order valence-electron chi connectivity index (χ1n) is 10.4. The van der Waals surface area contributed by atoms with Crippen LogP contribution in [0.15, 0.2) is 89.5 Å². The first-order chi connectivity index (χ1) is 16.0. The number of nitro benzene ring substituents is 1. The fraction of sp³-hybridized carbons (Fsp3) is 0.120. The molecule has 2 aromatic heterocycles.